The molecule has 2 nitrogen and oxygen atoms in total. The molecule has 0 heterocycles. The standard InChI is InChI=1S/C10H17ClO2/c1-7-5-3-4-6-9(7)13-10(12)8(2)11/h7-9H,3-6H2,1-2H3/t7-,8-,9-/m0/s1. The molecule has 13 heavy (non-hydrogen) atoms. The molecule has 1 aliphatic carbocycles. The monoisotopic (exact) mass is 204 g/mol. The van der Waals surface area contributed by atoms with E-state index >= 15 is 0 Å². The van der Waals surface area contributed by atoms with Gasteiger partial charge in [-0.2, -0.15) is 0 Å². The van der Waals surface area contributed by atoms with E-state index in [-0.39, 0.29) is 12.1 Å². The van der Waals surface area contributed by atoms with E-state index in [1.54, 1.807) is 6.92 Å². The van der Waals surface area contributed by atoms with Crippen LogP contribution in [0.1, 0.15) is 39.5 Å². The molecule has 1 aliphatic rings. The normalized spacial score (nSPS) is 31.0. The smallest absolute Gasteiger partial charge is 0.324 e. The molecule has 0 aromatic heterocycles. The SMILES string of the molecule is C[C@H](Cl)C(=O)O[C@H]1CCCC[C@@H]1C. The first kappa shape index (κ1) is 10.8. The maximum atomic E-state index is 11.2. The van der Waals surface area contributed by atoms with Crippen LogP contribution >= 0.6 is 11.6 Å². The Bertz CT molecular complexity index is 180. The van der Waals surface area contributed by atoms with Gasteiger partial charge in [0, 0.05) is 0 Å². The van der Waals surface area contributed by atoms with Gasteiger partial charge in [0.2, 0.25) is 0 Å². The molecule has 0 N–H and O–H groups in total. The molecule has 1 fully saturated rings. The predicted octanol–water partition coefficient (Wildman–Crippen LogP) is 2.74. The summed E-state index contributed by atoms with van der Waals surface area (Å²) in [7, 11) is 0. The quantitative estimate of drug-likeness (QED) is 0.511. The summed E-state index contributed by atoms with van der Waals surface area (Å²) in [6.07, 6.45) is 4.68. The van der Waals surface area contributed by atoms with Crippen LogP contribution in [-0.4, -0.2) is 17.5 Å². The van der Waals surface area contributed by atoms with E-state index in [4.69, 9.17) is 16.3 Å². The van der Waals surface area contributed by atoms with Crippen molar-refractivity contribution < 1.29 is 9.53 Å². The first-order valence-corrected chi connectivity index (χ1v) is 5.39. The van der Waals surface area contributed by atoms with Gasteiger partial charge in [-0.05, 0) is 32.1 Å². The fourth-order valence-electron chi connectivity index (χ4n) is 1.70. The van der Waals surface area contributed by atoms with E-state index in [0.717, 1.165) is 12.8 Å². The number of alkyl halides is 1. The number of ether oxygens (including phenoxy) is 1. The largest absolute Gasteiger partial charge is 0.461 e. The van der Waals surface area contributed by atoms with Gasteiger partial charge in [0.25, 0.3) is 0 Å². The minimum Gasteiger partial charge on any atom is -0.461 e. The van der Waals surface area contributed by atoms with Crippen LogP contribution < -0.4 is 0 Å². The molecule has 1 saturated carbocycles. The maximum Gasteiger partial charge on any atom is 0.324 e. The predicted molar refractivity (Wildman–Crippen MR) is 52.8 cm³/mol. The van der Waals surface area contributed by atoms with E-state index in [1.807, 2.05) is 0 Å². The molecule has 0 saturated heterocycles. The number of hydrogen-bond acceptors (Lipinski definition) is 2. The van der Waals surface area contributed by atoms with E-state index < -0.39 is 5.38 Å². The summed E-state index contributed by atoms with van der Waals surface area (Å²) in [5.74, 6) is 0.216. The van der Waals surface area contributed by atoms with E-state index in [9.17, 15) is 4.79 Å². The molecule has 0 unspecified atom stereocenters. The zero-order valence-electron chi connectivity index (χ0n) is 8.25. The summed E-state index contributed by atoms with van der Waals surface area (Å²) < 4.78 is 5.29. The van der Waals surface area contributed by atoms with E-state index in [1.165, 1.54) is 12.8 Å². The fourth-order valence-corrected chi connectivity index (χ4v) is 1.75. The van der Waals surface area contributed by atoms with Crippen LogP contribution in [0.25, 0.3) is 0 Å². The topological polar surface area (TPSA) is 26.3 Å². The summed E-state index contributed by atoms with van der Waals surface area (Å²) in [5, 5.41) is -0.519. The van der Waals surface area contributed by atoms with Crippen LogP contribution in [0.4, 0.5) is 0 Å². The lowest BCUT2D eigenvalue weighted by atomic mass is 9.88. The second kappa shape index (κ2) is 4.85. The lowest BCUT2D eigenvalue weighted by Crippen LogP contribution is -2.30. The summed E-state index contributed by atoms with van der Waals surface area (Å²) in [6, 6.07) is 0. The molecule has 0 aromatic rings. The summed E-state index contributed by atoms with van der Waals surface area (Å²) in [5.41, 5.74) is 0. The molecule has 0 aromatic carbocycles. The van der Waals surface area contributed by atoms with Crippen molar-refractivity contribution in [1.29, 1.82) is 0 Å². The number of esters is 1. The average Bonchev–Trinajstić information content (AvgIpc) is 2.08. The van der Waals surface area contributed by atoms with Crippen LogP contribution in [0.2, 0.25) is 0 Å². The minimum absolute atomic E-state index is 0.0995. The van der Waals surface area contributed by atoms with Gasteiger partial charge < -0.3 is 4.74 Å². The molecule has 1 rings (SSSR count). The highest BCUT2D eigenvalue weighted by Crippen LogP contribution is 2.26. The number of hydrogen-bond donors (Lipinski definition) is 0. The molecule has 0 amide bonds. The average molecular weight is 205 g/mol. The minimum atomic E-state index is -0.519. The van der Waals surface area contributed by atoms with Gasteiger partial charge in [-0.3, -0.25) is 4.79 Å². The van der Waals surface area contributed by atoms with E-state index in [2.05, 4.69) is 6.92 Å². The molecule has 0 spiro atoms. The molecular weight excluding hydrogens is 188 g/mol. The van der Waals surface area contributed by atoms with Crippen molar-refractivity contribution in [2.24, 2.45) is 5.92 Å². The zero-order chi connectivity index (χ0) is 9.84. The maximum absolute atomic E-state index is 11.2. The Morgan fingerprint density at radius 1 is 1.46 bits per heavy atom. The van der Waals surface area contributed by atoms with E-state index in [0.29, 0.717) is 5.92 Å². The Morgan fingerprint density at radius 3 is 2.62 bits per heavy atom. The fraction of sp³-hybridized carbons (Fsp3) is 0.900. The third-order valence-electron chi connectivity index (χ3n) is 2.63. The first-order chi connectivity index (χ1) is 6.11. The zero-order valence-corrected chi connectivity index (χ0v) is 9.01. The van der Waals surface area contributed by atoms with Crippen molar-refractivity contribution in [2.75, 3.05) is 0 Å². The van der Waals surface area contributed by atoms with Gasteiger partial charge in [0.05, 0.1) is 0 Å². The van der Waals surface area contributed by atoms with Crippen LogP contribution in [-0.2, 0) is 9.53 Å². The van der Waals surface area contributed by atoms with Crippen molar-refractivity contribution >= 4 is 17.6 Å². The van der Waals surface area contributed by atoms with Crippen molar-refractivity contribution in [3.8, 4) is 0 Å². The second-order valence-corrected chi connectivity index (χ2v) is 4.51. The van der Waals surface area contributed by atoms with Crippen LogP contribution in [0, 0.1) is 5.92 Å². The second-order valence-electron chi connectivity index (χ2n) is 3.85. The highest BCUT2D eigenvalue weighted by molar-refractivity contribution is 6.29. The molecule has 3 atom stereocenters. The van der Waals surface area contributed by atoms with Gasteiger partial charge in [-0.25, -0.2) is 0 Å². The Morgan fingerprint density at radius 2 is 2.08 bits per heavy atom. The Kier molecular flexibility index (Phi) is 4.04. The Balaban J connectivity index is 2.38. The van der Waals surface area contributed by atoms with Crippen molar-refractivity contribution in [3.05, 3.63) is 0 Å². The van der Waals surface area contributed by atoms with Gasteiger partial charge in [0.15, 0.2) is 0 Å². The highest BCUT2D eigenvalue weighted by atomic mass is 35.5. The van der Waals surface area contributed by atoms with Gasteiger partial charge in [-0.1, -0.05) is 13.3 Å². The number of halogens is 1. The molecular formula is C10H17ClO2. The molecule has 76 valence electrons. The van der Waals surface area contributed by atoms with Gasteiger partial charge in [-0.15, -0.1) is 11.6 Å². The summed E-state index contributed by atoms with van der Waals surface area (Å²) in [4.78, 5) is 11.2. The third-order valence-corrected chi connectivity index (χ3v) is 2.80. The van der Waals surface area contributed by atoms with Crippen LogP contribution in [0.5, 0.6) is 0 Å². The highest BCUT2D eigenvalue weighted by Gasteiger charge is 2.25. The Labute approximate surface area is 84.6 Å². The number of carbonyl (C=O) groups excluding carboxylic acids is 1. The summed E-state index contributed by atoms with van der Waals surface area (Å²) >= 11 is 5.62. The molecule has 0 radical (unpaired) electrons. The van der Waals surface area contributed by atoms with Crippen LogP contribution in [0.3, 0.4) is 0 Å². The lowest BCUT2D eigenvalue weighted by molar-refractivity contribution is -0.152. The number of carbonyl (C=O) groups is 1. The van der Waals surface area contributed by atoms with Crippen molar-refractivity contribution in [1.82, 2.24) is 0 Å². The lowest BCUT2D eigenvalue weighted by Gasteiger charge is -2.28. The van der Waals surface area contributed by atoms with Gasteiger partial charge >= 0.3 is 5.97 Å². The summed E-state index contributed by atoms with van der Waals surface area (Å²) in [6.45, 7) is 3.79. The molecule has 3 heteroatoms. The number of rotatable bonds is 2. The van der Waals surface area contributed by atoms with Crippen LogP contribution in [0.15, 0.2) is 0 Å². The van der Waals surface area contributed by atoms with Crippen molar-refractivity contribution in [3.63, 3.8) is 0 Å². The molecule has 0 bridgehead atoms. The molecule has 0 aliphatic heterocycles. The van der Waals surface area contributed by atoms with Gasteiger partial charge in [0.1, 0.15) is 11.5 Å². The third kappa shape index (κ3) is 3.18. The van der Waals surface area contributed by atoms with Crippen molar-refractivity contribution in [2.45, 2.75) is 51.0 Å². The first-order valence-electron chi connectivity index (χ1n) is 4.96. The Hall–Kier alpha value is -0.240.